The molecule has 2 fully saturated rings. The Hall–Kier alpha value is -2.22. The molecule has 0 aromatic rings. The number of aliphatic hydroxyl groups excluding tert-OH is 8. The first-order valence-electron chi connectivity index (χ1n) is 19.9. The first-order chi connectivity index (χ1) is 28.7. The molecule has 26 heteroatoms. The molecule has 2 heterocycles. The Morgan fingerprint density at radius 1 is 0.607 bits per heavy atom. The fourth-order valence-corrected chi connectivity index (χ4v) is 11.7. The number of rotatable bonds is 28. The van der Waals surface area contributed by atoms with Crippen LogP contribution >= 0.6 is 14.7 Å². The zero-order chi connectivity index (χ0) is 45.9. The van der Waals surface area contributed by atoms with Crippen LogP contribution in [-0.4, -0.2) is 210 Å². The zero-order valence-corrected chi connectivity index (χ0v) is 36.7. The number of carbonyl (C=O) groups is 4. The third kappa shape index (κ3) is 19.6. The van der Waals surface area contributed by atoms with E-state index >= 15 is 0 Å². The van der Waals surface area contributed by atoms with Gasteiger partial charge in [0.1, 0.15) is 54.6 Å². The Morgan fingerprint density at radius 2 is 0.967 bits per heavy atom. The molecule has 6 unspecified atom stereocenters. The molecule has 0 bridgehead atoms. The van der Waals surface area contributed by atoms with Crippen LogP contribution in [0.25, 0.3) is 0 Å². The van der Waals surface area contributed by atoms with Gasteiger partial charge in [-0.2, -0.15) is 0 Å². The van der Waals surface area contributed by atoms with Crippen molar-refractivity contribution in [3.8, 4) is 0 Å². The van der Waals surface area contributed by atoms with Crippen LogP contribution in [0.15, 0.2) is 0 Å². The average Bonchev–Trinajstić information content (AvgIpc) is 3.19. The van der Waals surface area contributed by atoms with E-state index in [1.807, 2.05) is 0 Å². The van der Waals surface area contributed by atoms with Gasteiger partial charge in [0.25, 0.3) is 0 Å². The molecule has 0 aromatic heterocycles. The molecule has 356 valence electrons. The van der Waals surface area contributed by atoms with E-state index in [0.29, 0.717) is 25.7 Å². The zero-order valence-electron chi connectivity index (χ0n) is 34.9. The molecule has 12 N–H and O–H groups in total. The number of nitrogens with one attached hydrogen (secondary N) is 4. The number of unbranched alkanes of at least 4 members (excludes halogenated alkanes) is 2. The van der Waals surface area contributed by atoms with E-state index in [4.69, 9.17) is 28.0 Å². The SMILES string of the molecule is CC(=O)NC1[C@H](OCCCCC(=O)N[C@H](CO)COP(C)(=O)CP(C)(=O)OC[C@H](CO)NC(=O)CCCCO[C@@H]2OC(CO)[C@H](O)[C@H](O)C2NC(C)=O)OC(CO)[C@H](O)[C@@H]1O. The first kappa shape index (κ1) is 54.9. The third-order valence-corrected chi connectivity index (χ3v) is 14.9. The van der Waals surface area contributed by atoms with Crippen LogP contribution in [-0.2, 0) is 56.3 Å². The molecule has 0 spiro atoms. The van der Waals surface area contributed by atoms with E-state index in [2.05, 4.69) is 21.3 Å². The van der Waals surface area contributed by atoms with Gasteiger partial charge in [-0.15, -0.1) is 0 Å². The smallest absolute Gasteiger partial charge is 0.220 e. The quantitative estimate of drug-likeness (QED) is 0.0263. The lowest BCUT2D eigenvalue weighted by Crippen LogP contribution is -2.64. The van der Waals surface area contributed by atoms with Crippen molar-refractivity contribution in [3.05, 3.63) is 0 Å². The average molecular weight is 925 g/mol. The van der Waals surface area contributed by atoms with Gasteiger partial charge in [-0.3, -0.25) is 28.3 Å². The highest BCUT2D eigenvalue weighted by atomic mass is 31.2. The van der Waals surface area contributed by atoms with E-state index < -0.39 is 144 Å². The van der Waals surface area contributed by atoms with Crippen molar-refractivity contribution in [1.82, 2.24) is 21.3 Å². The van der Waals surface area contributed by atoms with Crippen molar-refractivity contribution >= 4 is 38.4 Å². The number of carbonyl (C=O) groups excluding carboxylic acids is 4. The highest BCUT2D eigenvalue weighted by Crippen LogP contribution is 2.59. The second-order valence-corrected chi connectivity index (χ2v) is 20.9. The summed E-state index contributed by atoms with van der Waals surface area (Å²) in [5, 5.41) is 89.4. The summed E-state index contributed by atoms with van der Waals surface area (Å²) in [6.07, 6.45) is -9.28. The summed E-state index contributed by atoms with van der Waals surface area (Å²) >= 11 is 0. The fourth-order valence-electron chi connectivity index (χ4n) is 6.32. The lowest BCUT2D eigenvalue weighted by Gasteiger charge is -2.42. The second kappa shape index (κ2) is 27.2. The minimum atomic E-state index is -3.63. The molecule has 24 nitrogen and oxygen atoms in total. The Labute approximate surface area is 354 Å². The predicted octanol–water partition coefficient (Wildman–Crippen LogP) is -3.99. The second-order valence-electron chi connectivity index (χ2n) is 15.2. The van der Waals surface area contributed by atoms with Crippen molar-refractivity contribution in [1.29, 1.82) is 0 Å². The van der Waals surface area contributed by atoms with Crippen LogP contribution in [0.2, 0.25) is 0 Å². The van der Waals surface area contributed by atoms with Gasteiger partial charge >= 0.3 is 0 Å². The lowest BCUT2D eigenvalue weighted by atomic mass is 9.97. The summed E-state index contributed by atoms with van der Waals surface area (Å²) in [6, 6.07) is -4.14. The van der Waals surface area contributed by atoms with Gasteiger partial charge in [-0.05, 0) is 25.7 Å². The molecule has 2 aliphatic rings. The molecule has 2 aliphatic heterocycles. The van der Waals surface area contributed by atoms with Crippen molar-refractivity contribution in [2.24, 2.45) is 0 Å². The lowest BCUT2D eigenvalue weighted by molar-refractivity contribution is -0.270. The van der Waals surface area contributed by atoms with Crippen LogP contribution in [0, 0.1) is 0 Å². The van der Waals surface area contributed by atoms with Gasteiger partial charge in [0.05, 0.1) is 51.7 Å². The number of amides is 4. The number of aliphatic hydroxyl groups is 8. The van der Waals surface area contributed by atoms with Crippen molar-refractivity contribution in [2.75, 3.05) is 72.1 Å². The van der Waals surface area contributed by atoms with E-state index in [0.717, 1.165) is 0 Å². The molecular weight excluding hydrogens is 858 g/mol. The maximum atomic E-state index is 13.2. The molecular formula is C35H66N4O20P2. The minimum Gasteiger partial charge on any atom is -0.394 e. The number of hydrogen-bond acceptors (Lipinski definition) is 20. The molecule has 2 rings (SSSR count). The van der Waals surface area contributed by atoms with Gasteiger partial charge in [0, 0.05) is 53.2 Å². The van der Waals surface area contributed by atoms with Gasteiger partial charge in [-0.25, -0.2) is 0 Å². The summed E-state index contributed by atoms with van der Waals surface area (Å²) < 4.78 is 59.6. The monoisotopic (exact) mass is 924 g/mol. The molecule has 0 radical (unpaired) electrons. The third-order valence-electron chi connectivity index (χ3n) is 9.44. The predicted molar refractivity (Wildman–Crippen MR) is 212 cm³/mol. The minimum absolute atomic E-state index is 0.0120. The summed E-state index contributed by atoms with van der Waals surface area (Å²) in [5.41, 5.74) is 0. The Kier molecular flexibility index (Phi) is 24.5. The molecule has 0 aliphatic carbocycles. The van der Waals surface area contributed by atoms with Gasteiger partial charge < -0.3 is 90.1 Å². The van der Waals surface area contributed by atoms with Crippen LogP contribution < -0.4 is 21.3 Å². The topological polar surface area (TPSA) is 368 Å². The van der Waals surface area contributed by atoms with Crippen molar-refractivity contribution in [2.45, 2.75) is 126 Å². The largest absolute Gasteiger partial charge is 0.394 e. The van der Waals surface area contributed by atoms with E-state index in [1.54, 1.807) is 0 Å². The van der Waals surface area contributed by atoms with Crippen LogP contribution in [0.3, 0.4) is 0 Å². The maximum absolute atomic E-state index is 13.2. The van der Waals surface area contributed by atoms with Crippen molar-refractivity contribution in [3.63, 3.8) is 0 Å². The Balaban J connectivity index is 1.71. The molecule has 0 saturated carbocycles. The summed E-state index contributed by atoms with van der Waals surface area (Å²) in [5.74, 6) is -2.48. The fraction of sp³-hybridized carbons (Fsp3) is 0.886. The van der Waals surface area contributed by atoms with Gasteiger partial charge in [0.15, 0.2) is 12.6 Å². The van der Waals surface area contributed by atoms with Gasteiger partial charge in [-0.1, -0.05) is 0 Å². The van der Waals surface area contributed by atoms with Gasteiger partial charge in [0.2, 0.25) is 38.4 Å². The standard InChI is InChI=1S/C35H66N4O20P2/c1-20(44)36-28-32(50)30(48)24(15-42)58-34(28)54-11-7-5-9-26(46)38-22(13-40)17-56-60(3,52)19-61(4,53)57-18-23(14-41)39-27(47)10-6-8-12-55-35-29(37-21(2)45)33(51)31(49)25(16-43)59-35/h22-25,28-35,40-43,48-51H,5-19H2,1-4H3,(H,36,44)(H,37,45)(H,38,46)(H,39,47)/t22-,23+,24?,25?,28?,29?,30-,31-,32+,33+,34+,35+,60?,61?/m0/s1. The highest BCUT2D eigenvalue weighted by molar-refractivity contribution is 7.75. The van der Waals surface area contributed by atoms with E-state index in [1.165, 1.54) is 27.2 Å². The van der Waals surface area contributed by atoms with Crippen LogP contribution in [0.4, 0.5) is 0 Å². The highest BCUT2D eigenvalue weighted by Gasteiger charge is 2.46. The Bertz CT molecular complexity index is 1360. The summed E-state index contributed by atoms with van der Waals surface area (Å²) in [6.45, 7) is 1.77. The van der Waals surface area contributed by atoms with Crippen molar-refractivity contribution < 1.29 is 97.2 Å². The maximum Gasteiger partial charge on any atom is 0.220 e. The number of hydrogen-bond donors (Lipinski definition) is 12. The summed E-state index contributed by atoms with van der Waals surface area (Å²) in [7, 11) is -7.27. The molecule has 2 saturated heterocycles. The van der Waals surface area contributed by atoms with Crippen LogP contribution in [0.5, 0.6) is 0 Å². The number of ether oxygens (including phenoxy) is 4. The Morgan fingerprint density at radius 3 is 1.28 bits per heavy atom. The summed E-state index contributed by atoms with van der Waals surface area (Å²) in [4.78, 5) is 48.2. The molecule has 0 aromatic carbocycles. The normalized spacial score (nSPS) is 29.6. The van der Waals surface area contributed by atoms with E-state index in [-0.39, 0.29) is 39.3 Å². The molecule has 14 atom stereocenters. The first-order valence-corrected chi connectivity index (χ1v) is 24.4. The van der Waals surface area contributed by atoms with E-state index in [9.17, 15) is 69.2 Å². The molecule has 61 heavy (non-hydrogen) atoms. The van der Waals surface area contributed by atoms with Crippen LogP contribution in [0.1, 0.15) is 52.4 Å². The molecule has 4 amide bonds.